The lowest BCUT2D eigenvalue weighted by molar-refractivity contribution is 0.384. The van der Waals surface area contributed by atoms with Gasteiger partial charge in [0.15, 0.2) is 5.13 Å². The van der Waals surface area contributed by atoms with E-state index in [0.717, 1.165) is 44.4 Å². The molecule has 32 heavy (non-hydrogen) atoms. The maximum absolute atomic E-state index is 13.5. The molecule has 1 aliphatic rings. The van der Waals surface area contributed by atoms with Crippen LogP contribution < -0.4 is 9.64 Å². The van der Waals surface area contributed by atoms with Gasteiger partial charge in [-0.15, -0.1) is 11.3 Å². The molecular weight excluding hydrogens is 442 g/mol. The van der Waals surface area contributed by atoms with E-state index in [2.05, 4.69) is 11.0 Å². The average molecular weight is 472 g/mol. The van der Waals surface area contributed by atoms with Crippen LogP contribution in [0, 0.1) is 27.7 Å². The molecule has 0 amide bonds. The van der Waals surface area contributed by atoms with E-state index in [-0.39, 0.29) is 0 Å². The number of hydrogen-bond donors (Lipinski definition) is 0. The van der Waals surface area contributed by atoms with E-state index in [1.807, 2.05) is 57.3 Å². The van der Waals surface area contributed by atoms with Gasteiger partial charge in [0.1, 0.15) is 5.75 Å². The maximum Gasteiger partial charge on any atom is 0.243 e. The number of hydrogen-bond acceptors (Lipinski definition) is 6. The van der Waals surface area contributed by atoms with Crippen molar-refractivity contribution in [1.82, 2.24) is 9.29 Å². The van der Waals surface area contributed by atoms with Crippen LogP contribution >= 0.6 is 11.3 Å². The van der Waals surface area contributed by atoms with E-state index in [4.69, 9.17) is 9.72 Å². The third-order valence-electron chi connectivity index (χ3n) is 6.28. The molecule has 0 N–H and O–H groups in total. The smallest absolute Gasteiger partial charge is 0.243 e. The van der Waals surface area contributed by atoms with Crippen molar-refractivity contribution in [3.8, 4) is 17.0 Å². The number of ether oxygens (including phenoxy) is 1. The van der Waals surface area contributed by atoms with Gasteiger partial charge in [-0.1, -0.05) is 6.07 Å². The first-order valence-corrected chi connectivity index (χ1v) is 13.0. The molecule has 2 aromatic carbocycles. The van der Waals surface area contributed by atoms with E-state index in [1.165, 1.54) is 0 Å². The molecule has 1 saturated heterocycles. The number of aryl methyl sites for hydroxylation is 2. The van der Waals surface area contributed by atoms with E-state index in [9.17, 15) is 8.42 Å². The molecule has 0 aliphatic carbocycles. The normalized spacial score (nSPS) is 15.2. The molecular formula is C24H29N3O3S2. The number of nitrogens with zero attached hydrogens (tertiary/aromatic N) is 3. The zero-order valence-corrected chi connectivity index (χ0v) is 20.8. The average Bonchev–Trinajstić information content (AvgIpc) is 3.28. The number of rotatable bonds is 5. The highest BCUT2D eigenvalue weighted by molar-refractivity contribution is 7.89. The van der Waals surface area contributed by atoms with Gasteiger partial charge in [0.25, 0.3) is 0 Å². The summed E-state index contributed by atoms with van der Waals surface area (Å²) < 4.78 is 33.8. The van der Waals surface area contributed by atoms with Crippen molar-refractivity contribution in [3.63, 3.8) is 0 Å². The highest BCUT2D eigenvalue weighted by atomic mass is 32.2. The Morgan fingerprint density at radius 3 is 2.09 bits per heavy atom. The summed E-state index contributed by atoms with van der Waals surface area (Å²) in [5, 5.41) is 2.97. The molecule has 8 heteroatoms. The topological polar surface area (TPSA) is 62.7 Å². The number of anilines is 1. The van der Waals surface area contributed by atoms with Crippen molar-refractivity contribution in [2.45, 2.75) is 32.6 Å². The first-order valence-electron chi connectivity index (χ1n) is 10.6. The number of piperazine rings is 1. The van der Waals surface area contributed by atoms with Gasteiger partial charge >= 0.3 is 0 Å². The number of aromatic nitrogens is 1. The second kappa shape index (κ2) is 8.84. The van der Waals surface area contributed by atoms with Crippen molar-refractivity contribution >= 4 is 26.5 Å². The summed E-state index contributed by atoms with van der Waals surface area (Å²) in [6, 6.07) is 9.90. The highest BCUT2D eigenvalue weighted by Crippen LogP contribution is 2.32. The Morgan fingerprint density at radius 2 is 1.53 bits per heavy atom. The molecule has 2 heterocycles. The van der Waals surface area contributed by atoms with Crippen molar-refractivity contribution in [1.29, 1.82) is 0 Å². The lowest BCUT2D eigenvalue weighted by Gasteiger charge is -2.34. The number of sulfonamides is 1. The Balaban J connectivity index is 1.50. The molecule has 6 nitrogen and oxygen atoms in total. The number of thiazole rings is 1. The minimum absolute atomic E-state index is 0.450. The van der Waals surface area contributed by atoms with Crippen molar-refractivity contribution in [3.05, 3.63) is 58.0 Å². The summed E-state index contributed by atoms with van der Waals surface area (Å²) in [5.41, 5.74) is 5.68. The molecule has 0 atom stereocenters. The molecule has 170 valence electrons. The van der Waals surface area contributed by atoms with E-state index < -0.39 is 10.0 Å². The van der Waals surface area contributed by atoms with E-state index in [0.29, 0.717) is 31.1 Å². The van der Waals surface area contributed by atoms with Gasteiger partial charge < -0.3 is 9.64 Å². The predicted octanol–water partition coefficient (Wildman–Crippen LogP) is 4.56. The summed E-state index contributed by atoms with van der Waals surface area (Å²) in [6.07, 6.45) is 0. The molecule has 0 unspecified atom stereocenters. The third-order valence-corrected chi connectivity index (χ3v) is 9.36. The molecule has 3 aromatic rings. The van der Waals surface area contributed by atoms with Crippen LogP contribution in [0.3, 0.4) is 0 Å². The van der Waals surface area contributed by atoms with Crippen LogP contribution in [0.4, 0.5) is 5.13 Å². The summed E-state index contributed by atoms with van der Waals surface area (Å²) in [5.74, 6) is 0.816. The minimum Gasteiger partial charge on any atom is -0.497 e. The second-order valence-electron chi connectivity index (χ2n) is 8.22. The zero-order chi connectivity index (χ0) is 23.0. The van der Waals surface area contributed by atoms with Crippen LogP contribution in [0.1, 0.15) is 22.3 Å². The van der Waals surface area contributed by atoms with Crippen LogP contribution in [0.5, 0.6) is 5.75 Å². The van der Waals surface area contributed by atoms with Crippen LogP contribution in [0.25, 0.3) is 11.3 Å². The van der Waals surface area contributed by atoms with Gasteiger partial charge in [-0.25, -0.2) is 13.4 Å². The van der Waals surface area contributed by atoms with Crippen molar-refractivity contribution < 1.29 is 13.2 Å². The number of methoxy groups -OCH3 is 1. The van der Waals surface area contributed by atoms with Gasteiger partial charge in [-0.2, -0.15) is 4.31 Å². The molecule has 1 aromatic heterocycles. The van der Waals surface area contributed by atoms with Crippen molar-refractivity contribution in [2.75, 3.05) is 38.2 Å². The predicted molar refractivity (Wildman–Crippen MR) is 130 cm³/mol. The Hall–Kier alpha value is -2.42. The lowest BCUT2D eigenvalue weighted by Crippen LogP contribution is -2.49. The first-order chi connectivity index (χ1) is 15.2. The van der Waals surface area contributed by atoms with Gasteiger partial charge in [0.05, 0.1) is 17.7 Å². The summed E-state index contributed by atoms with van der Waals surface area (Å²) >= 11 is 1.59. The molecule has 4 rings (SSSR count). The minimum atomic E-state index is -3.54. The summed E-state index contributed by atoms with van der Waals surface area (Å²) in [4.78, 5) is 7.44. The Morgan fingerprint density at radius 1 is 0.938 bits per heavy atom. The molecule has 0 saturated carbocycles. The molecule has 0 spiro atoms. The fourth-order valence-corrected chi connectivity index (χ4v) is 7.01. The largest absolute Gasteiger partial charge is 0.497 e. The van der Waals surface area contributed by atoms with E-state index in [1.54, 1.807) is 22.8 Å². The fourth-order valence-electron chi connectivity index (χ4n) is 4.12. The van der Waals surface area contributed by atoms with Crippen molar-refractivity contribution in [2.24, 2.45) is 0 Å². The quantitative estimate of drug-likeness (QED) is 0.546. The number of benzene rings is 2. The zero-order valence-electron chi connectivity index (χ0n) is 19.2. The summed E-state index contributed by atoms with van der Waals surface area (Å²) in [6.45, 7) is 9.90. The van der Waals surface area contributed by atoms with Gasteiger partial charge in [-0.3, -0.25) is 0 Å². The van der Waals surface area contributed by atoms with Gasteiger partial charge in [0.2, 0.25) is 10.0 Å². The van der Waals surface area contributed by atoms with Crippen LogP contribution in [0.15, 0.2) is 40.6 Å². The molecule has 0 radical (unpaired) electrons. The van der Waals surface area contributed by atoms with Crippen LogP contribution in [-0.4, -0.2) is 51.0 Å². The summed E-state index contributed by atoms with van der Waals surface area (Å²) in [7, 11) is -1.89. The molecule has 1 aliphatic heterocycles. The van der Waals surface area contributed by atoms with E-state index >= 15 is 0 Å². The Bertz CT molecular complexity index is 1200. The van der Waals surface area contributed by atoms with Gasteiger partial charge in [0, 0.05) is 37.1 Å². The maximum atomic E-state index is 13.5. The monoisotopic (exact) mass is 471 g/mol. The van der Waals surface area contributed by atoms with Crippen LogP contribution in [-0.2, 0) is 10.0 Å². The Labute approximate surface area is 194 Å². The van der Waals surface area contributed by atoms with Crippen LogP contribution in [0.2, 0.25) is 0 Å². The SMILES string of the molecule is COc1ccc(-c2csc(N3CCN(S(=O)(=O)c4c(C)c(C)cc(C)c4C)CC3)n2)cc1. The third kappa shape index (κ3) is 4.14. The Kier molecular flexibility index (Phi) is 6.29. The molecule has 0 bridgehead atoms. The lowest BCUT2D eigenvalue weighted by atomic mass is 10.0. The van der Waals surface area contributed by atoms with Gasteiger partial charge in [-0.05, 0) is 74.2 Å². The second-order valence-corrected chi connectivity index (χ2v) is 10.9. The standard InChI is InChI=1S/C24H29N3O3S2/c1-16-14-17(2)19(4)23(18(16)3)32(28,29)27-12-10-26(11-13-27)24-25-22(15-31-24)20-6-8-21(30-5)9-7-20/h6-9,14-15H,10-13H2,1-5H3. The fraction of sp³-hybridized carbons (Fsp3) is 0.375. The first kappa shape index (κ1) is 22.8. The highest BCUT2D eigenvalue weighted by Gasteiger charge is 2.32. The molecule has 1 fully saturated rings.